The summed E-state index contributed by atoms with van der Waals surface area (Å²) in [5.41, 5.74) is 0. The van der Waals surface area contributed by atoms with Crippen LogP contribution in [-0.4, -0.2) is 0 Å². The Kier molecular flexibility index (Phi) is 21.7. The largest absolute Gasteiger partial charge is 4.00 e. The number of benzene rings is 1. The Morgan fingerprint density at radius 2 is 1.21 bits per heavy atom. The maximum Gasteiger partial charge on any atom is 4.00 e. The van der Waals surface area contributed by atoms with E-state index in [-0.39, 0.29) is 51.0 Å². The molecule has 0 heterocycles. The molecule has 2 aromatic carbocycles. The Morgan fingerprint density at radius 3 is 1.36 bits per heavy atom. The first kappa shape index (κ1) is 19.6. The summed E-state index contributed by atoms with van der Waals surface area (Å²) in [6.07, 6.45) is 0. The number of hydrogen-bond donors (Lipinski definition) is 0. The average molecular weight is 304 g/mol. The molecule has 0 saturated heterocycles. The molecule has 0 spiro atoms. The van der Waals surface area contributed by atoms with E-state index < -0.39 is 0 Å². The third-order valence-corrected chi connectivity index (χ3v) is 1.16. The molecule has 0 atom stereocenters. The first-order valence-electron chi connectivity index (χ1n) is 3.58. The predicted octanol–water partition coefficient (Wildman–Crippen LogP) is -3.10. The first-order chi connectivity index (χ1) is 5.50. The van der Waals surface area contributed by atoms with Crippen molar-refractivity contribution in [2.24, 2.45) is 0 Å². The molecule has 0 nitrogen and oxygen atoms in total. The SMILES string of the molecule is [Cl-].[Cl-].[Zr+4].[c-]1ccccc1.c1cc[cH-]c1. The van der Waals surface area contributed by atoms with Gasteiger partial charge in [0.1, 0.15) is 0 Å². The van der Waals surface area contributed by atoms with Crippen molar-refractivity contribution in [1.82, 2.24) is 0 Å². The van der Waals surface area contributed by atoms with Gasteiger partial charge in [-0.15, -0.1) is 0 Å². The van der Waals surface area contributed by atoms with Crippen molar-refractivity contribution in [3.05, 3.63) is 66.7 Å². The molecule has 0 fully saturated rings. The second-order valence-corrected chi connectivity index (χ2v) is 2.04. The Balaban J connectivity index is -0.000000144. The normalized spacial score (nSPS) is 6.29. The molecule has 0 N–H and O–H groups in total. The summed E-state index contributed by atoms with van der Waals surface area (Å²) in [6, 6.07) is 22.5. The zero-order chi connectivity index (χ0) is 7.78. The molecule has 14 heavy (non-hydrogen) atoms. The van der Waals surface area contributed by atoms with Crippen LogP contribution in [0.15, 0.2) is 60.7 Å². The van der Waals surface area contributed by atoms with E-state index >= 15 is 0 Å². The Labute approximate surface area is 117 Å². The van der Waals surface area contributed by atoms with Crippen LogP contribution in [0, 0.1) is 6.07 Å². The van der Waals surface area contributed by atoms with Gasteiger partial charge in [0.05, 0.1) is 0 Å². The van der Waals surface area contributed by atoms with Crippen molar-refractivity contribution < 1.29 is 51.0 Å². The van der Waals surface area contributed by atoms with Gasteiger partial charge in [0.25, 0.3) is 0 Å². The zero-order valence-corrected chi connectivity index (χ0v) is 11.5. The fourth-order valence-corrected chi connectivity index (χ4v) is 0.663. The molecule has 0 aliphatic carbocycles. The standard InChI is InChI=1S/C6H5.C5H5.2ClH.Zr/c1-2-4-6-5-3-1;1-2-4-5-3-1;;;/h1-5H;1-5H;2*1H;/q2*-1;;;+4/p-2. The maximum atomic E-state index is 2.89. The van der Waals surface area contributed by atoms with Gasteiger partial charge in [0, 0.05) is 0 Å². The van der Waals surface area contributed by atoms with E-state index in [0.717, 1.165) is 0 Å². The summed E-state index contributed by atoms with van der Waals surface area (Å²) in [5.74, 6) is 0. The third kappa shape index (κ3) is 12.0. The fourth-order valence-electron chi connectivity index (χ4n) is 0.663. The van der Waals surface area contributed by atoms with Crippen LogP contribution in [0.5, 0.6) is 0 Å². The van der Waals surface area contributed by atoms with E-state index in [1.165, 1.54) is 0 Å². The summed E-state index contributed by atoms with van der Waals surface area (Å²) in [4.78, 5) is 0. The van der Waals surface area contributed by atoms with E-state index in [4.69, 9.17) is 0 Å². The molecule has 0 unspecified atom stereocenters. The van der Waals surface area contributed by atoms with Crippen molar-refractivity contribution in [1.29, 1.82) is 0 Å². The minimum Gasteiger partial charge on any atom is -1.00 e. The second kappa shape index (κ2) is 15.5. The molecule has 0 amide bonds. The van der Waals surface area contributed by atoms with Crippen molar-refractivity contribution in [3.8, 4) is 0 Å². The molecule has 2 aromatic rings. The van der Waals surface area contributed by atoms with Crippen LogP contribution in [0.2, 0.25) is 0 Å². The maximum absolute atomic E-state index is 2.89. The van der Waals surface area contributed by atoms with Crippen molar-refractivity contribution in [2.75, 3.05) is 0 Å². The summed E-state index contributed by atoms with van der Waals surface area (Å²) in [5, 5.41) is 0. The summed E-state index contributed by atoms with van der Waals surface area (Å²) in [6.45, 7) is 0. The molecule has 0 aliphatic heterocycles. The summed E-state index contributed by atoms with van der Waals surface area (Å²) < 4.78 is 0. The average Bonchev–Trinajstić information content (AvgIpc) is 2.64. The van der Waals surface area contributed by atoms with Crippen LogP contribution in [0.3, 0.4) is 0 Å². The molecule has 72 valence electrons. The van der Waals surface area contributed by atoms with E-state index in [2.05, 4.69) is 6.07 Å². The molecular weight excluding hydrogens is 294 g/mol. The van der Waals surface area contributed by atoms with E-state index in [9.17, 15) is 0 Å². The van der Waals surface area contributed by atoms with Crippen LogP contribution in [0.1, 0.15) is 0 Å². The smallest absolute Gasteiger partial charge is 1.00 e. The predicted molar refractivity (Wildman–Crippen MR) is 47.3 cm³/mol. The first-order valence-corrected chi connectivity index (χ1v) is 3.58. The number of hydrogen-bond acceptors (Lipinski definition) is 0. The summed E-state index contributed by atoms with van der Waals surface area (Å²) >= 11 is 0. The molecule has 0 saturated carbocycles. The third-order valence-electron chi connectivity index (χ3n) is 1.16. The van der Waals surface area contributed by atoms with Gasteiger partial charge >= 0.3 is 26.2 Å². The molecular formula is C11H10Cl2Zr. The molecule has 0 aliphatic rings. The quantitative estimate of drug-likeness (QED) is 0.452. The Hall–Kier alpha value is 0.0331. The van der Waals surface area contributed by atoms with Crippen molar-refractivity contribution in [2.45, 2.75) is 0 Å². The molecule has 3 heteroatoms. The van der Waals surface area contributed by atoms with Crippen molar-refractivity contribution in [3.63, 3.8) is 0 Å². The molecule has 0 aromatic heterocycles. The topological polar surface area (TPSA) is 0 Å². The van der Waals surface area contributed by atoms with Crippen LogP contribution < -0.4 is 24.8 Å². The van der Waals surface area contributed by atoms with Crippen LogP contribution in [-0.2, 0) is 26.2 Å². The zero-order valence-electron chi connectivity index (χ0n) is 7.53. The Bertz CT molecular complexity index is 199. The van der Waals surface area contributed by atoms with Crippen LogP contribution in [0.25, 0.3) is 0 Å². The minimum absolute atomic E-state index is 0. The number of rotatable bonds is 0. The number of halogens is 2. The minimum atomic E-state index is 0. The van der Waals surface area contributed by atoms with Crippen LogP contribution >= 0.6 is 0 Å². The summed E-state index contributed by atoms with van der Waals surface area (Å²) in [7, 11) is 0. The van der Waals surface area contributed by atoms with Gasteiger partial charge in [-0.2, -0.15) is 54.6 Å². The second-order valence-electron chi connectivity index (χ2n) is 2.04. The fraction of sp³-hybridized carbons (Fsp3) is 0. The molecule has 0 radical (unpaired) electrons. The van der Waals surface area contributed by atoms with Gasteiger partial charge in [-0.05, 0) is 0 Å². The molecule has 2 rings (SSSR count). The Morgan fingerprint density at radius 1 is 0.714 bits per heavy atom. The van der Waals surface area contributed by atoms with Crippen molar-refractivity contribution >= 4 is 0 Å². The van der Waals surface area contributed by atoms with Gasteiger partial charge in [-0.25, -0.2) is 12.1 Å². The monoisotopic (exact) mass is 302 g/mol. The van der Waals surface area contributed by atoms with E-state index in [1.807, 2.05) is 60.7 Å². The van der Waals surface area contributed by atoms with E-state index in [1.54, 1.807) is 0 Å². The van der Waals surface area contributed by atoms with Crippen LogP contribution in [0.4, 0.5) is 0 Å². The van der Waals surface area contributed by atoms with Gasteiger partial charge < -0.3 is 24.8 Å². The molecule has 0 bridgehead atoms. The van der Waals surface area contributed by atoms with Gasteiger partial charge in [-0.3, -0.25) is 0 Å². The van der Waals surface area contributed by atoms with Gasteiger partial charge in [0.2, 0.25) is 0 Å². The van der Waals surface area contributed by atoms with Gasteiger partial charge in [0.15, 0.2) is 0 Å². The van der Waals surface area contributed by atoms with Gasteiger partial charge in [-0.1, -0.05) is 0 Å². The van der Waals surface area contributed by atoms with E-state index in [0.29, 0.717) is 0 Å².